The van der Waals surface area contributed by atoms with E-state index in [2.05, 4.69) is 15.6 Å². The number of amides is 1. The third kappa shape index (κ3) is 4.36. The molecule has 4 rings (SSSR count). The van der Waals surface area contributed by atoms with Gasteiger partial charge >= 0.3 is 0 Å². The number of thiazole rings is 1. The second kappa shape index (κ2) is 8.71. The van der Waals surface area contributed by atoms with Crippen LogP contribution in [0.15, 0.2) is 23.6 Å². The van der Waals surface area contributed by atoms with Crippen molar-refractivity contribution in [3.8, 4) is 22.1 Å². The molecule has 1 aromatic heterocycles. The summed E-state index contributed by atoms with van der Waals surface area (Å²) in [6.45, 7) is 1.93. The number of nitrogens with one attached hydrogen (secondary N) is 2. The van der Waals surface area contributed by atoms with Crippen molar-refractivity contribution in [1.82, 2.24) is 15.6 Å². The summed E-state index contributed by atoms with van der Waals surface area (Å²) in [4.78, 5) is 16.6. The molecule has 9 heteroatoms. The average molecular weight is 404 g/mol. The first-order valence-corrected chi connectivity index (χ1v) is 8.55. The highest BCUT2D eigenvalue weighted by Gasteiger charge is 2.18. The Morgan fingerprint density at radius 1 is 1.32 bits per heavy atom. The first-order chi connectivity index (χ1) is 11.3. The Labute approximate surface area is 162 Å². The molecule has 2 aliphatic rings. The lowest BCUT2D eigenvalue weighted by Crippen LogP contribution is -2.37. The molecule has 0 radical (unpaired) electrons. The van der Waals surface area contributed by atoms with E-state index in [0.29, 0.717) is 18.3 Å². The number of carbonyl (C=O) groups excluding carboxylic acids is 1. The molecule has 2 N–H and O–H groups in total. The largest absolute Gasteiger partial charge is 0.454 e. The van der Waals surface area contributed by atoms with Gasteiger partial charge in [0.1, 0.15) is 10.7 Å². The van der Waals surface area contributed by atoms with E-state index in [1.54, 1.807) is 5.38 Å². The second-order valence-electron chi connectivity index (χ2n) is 5.61. The van der Waals surface area contributed by atoms with Gasteiger partial charge in [-0.2, -0.15) is 0 Å². The van der Waals surface area contributed by atoms with Crippen LogP contribution < -0.4 is 20.1 Å². The Morgan fingerprint density at radius 3 is 2.96 bits per heavy atom. The van der Waals surface area contributed by atoms with E-state index < -0.39 is 0 Å². The van der Waals surface area contributed by atoms with Crippen molar-refractivity contribution in [2.45, 2.75) is 18.9 Å². The fourth-order valence-electron chi connectivity index (χ4n) is 2.78. The quantitative estimate of drug-likeness (QED) is 0.820. The van der Waals surface area contributed by atoms with Crippen LogP contribution in [0.1, 0.15) is 23.3 Å². The van der Waals surface area contributed by atoms with Gasteiger partial charge in [0.15, 0.2) is 11.5 Å². The summed E-state index contributed by atoms with van der Waals surface area (Å²) in [5, 5.41) is 8.89. The van der Waals surface area contributed by atoms with Crippen LogP contribution in [-0.4, -0.2) is 36.8 Å². The van der Waals surface area contributed by atoms with Gasteiger partial charge in [0.25, 0.3) is 5.91 Å². The second-order valence-corrected chi connectivity index (χ2v) is 6.47. The van der Waals surface area contributed by atoms with Gasteiger partial charge in [0.05, 0.1) is 0 Å². The fourth-order valence-corrected chi connectivity index (χ4v) is 3.57. The Balaban J connectivity index is 0.00000113. The minimum atomic E-state index is -0.123. The molecule has 25 heavy (non-hydrogen) atoms. The number of carbonyl (C=O) groups is 1. The zero-order valence-corrected chi connectivity index (χ0v) is 15.8. The molecule has 3 heterocycles. The molecule has 1 aromatic carbocycles. The summed E-state index contributed by atoms with van der Waals surface area (Å²) >= 11 is 1.45. The molecule has 2 aliphatic heterocycles. The van der Waals surface area contributed by atoms with Crippen LogP contribution in [0.3, 0.4) is 0 Å². The van der Waals surface area contributed by atoms with Gasteiger partial charge in [-0.1, -0.05) is 0 Å². The van der Waals surface area contributed by atoms with Crippen LogP contribution in [0.25, 0.3) is 10.6 Å². The summed E-state index contributed by atoms with van der Waals surface area (Å²) in [6.07, 6.45) is 2.28. The van der Waals surface area contributed by atoms with Crippen LogP contribution in [0, 0.1) is 0 Å². The van der Waals surface area contributed by atoms with E-state index in [1.165, 1.54) is 17.8 Å². The van der Waals surface area contributed by atoms with Gasteiger partial charge in [-0.05, 0) is 37.6 Å². The predicted octanol–water partition coefficient (Wildman–Crippen LogP) is 2.86. The maximum atomic E-state index is 12.2. The van der Waals surface area contributed by atoms with Crippen LogP contribution in [0.5, 0.6) is 11.5 Å². The molecule has 2 aromatic rings. The molecule has 6 nitrogen and oxygen atoms in total. The van der Waals surface area contributed by atoms with Gasteiger partial charge in [-0.25, -0.2) is 4.98 Å². The van der Waals surface area contributed by atoms with E-state index in [0.717, 1.165) is 35.0 Å². The molecular formula is C16H19Cl2N3O3S. The highest BCUT2D eigenvalue weighted by molar-refractivity contribution is 7.13. The SMILES string of the molecule is Cl.Cl.O=C(NCC1CCCN1)c1csc(-c2ccc3c(c2)OCO3)n1. The molecule has 0 bridgehead atoms. The molecule has 1 atom stereocenters. The molecule has 1 fully saturated rings. The normalized spacial score (nSPS) is 17.5. The molecular weight excluding hydrogens is 385 g/mol. The number of ether oxygens (including phenoxy) is 2. The highest BCUT2D eigenvalue weighted by atomic mass is 35.5. The Hall–Kier alpha value is -1.54. The Kier molecular flexibility index (Phi) is 6.89. The van der Waals surface area contributed by atoms with Crippen molar-refractivity contribution < 1.29 is 14.3 Å². The third-order valence-corrected chi connectivity index (χ3v) is 4.92. The highest BCUT2D eigenvalue weighted by Crippen LogP contribution is 2.36. The van der Waals surface area contributed by atoms with E-state index in [-0.39, 0.29) is 37.5 Å². The van der Waals surface area contributed by atoms with Gasteiger partial charge < -0.3 is 20.1 Å². The third-order valence-electron chi connectivity index (χ3n) is 4.03. The zero-order chi connectivity index (χ0) is 15.6. The topological polar surface area (TPSA) is 72.5 Å². The smallest absolute Gasteiger partial charge is 0.270 e. The van der Waals surface area contributed by atoms with Gasteiger partial charge in [0.2, 0.25) is 6.79 Å². The standard InChI is InChI=1S/C16H17N3O3S.2ClH/c20-15(18-7-11-2-1-5-17-11)12-8-23-16(19-12)10-3-4-13-14(6-10)22-9-21-13;;/h3-4,6,8,11,17H,1-2,5,7,9H2,(H,18,20);2*1H. The van der Waals surface area contributed by atoms with E-state index in [9.17, 15) is 4.79 Å². The number of fused-ring (bicyclic) bond motifs is 1. The molecule has 1 unspecified atom stereocenters. The number of aromatic nitrogens is 1. The molecule has 0 aliphatic carbocycles. The molecule has 0 spiro atoms. The van der Waals surface area contributed by atoms with Crippen molar-refractivity contribution >= 4 is 42.1 Å². The van der Waals surface area contributed by atoms with E-state index >= 15 is 0 Å². The minimum Gasteiger partial charge on any atom is -0.454 e. The van der Waals surface area contributed by atoms with Crippen LogP contribution in [0.4, 0.5) is 0 Å². The maximum absolute atomic E-state index is 12.2. The maximum Gasteiger partial charge on any atom is 0.270 e. The number of rotatable bonds is 4. The first-order valence-electron chi connectivity index (χ1n) is 7.67. The first kappa shape index (κ1) is 19.8. The van der Waals surface area contributed by atoms with Crippen molar-refractivity contribution in [2.24, 2.45) is 0 Å². The van der Waals surface area contributed by atoms with Crippen LogP contribution >= 0.6 is 36.2 Å². The summed E-state index contributed by atoms with van der Waals surface area (Å²) in [6, 6.07) is 6.07. The van der Waals surface area contributed by atoms with Gasteiger partial charge in [-0.15, -0.1) is 36.2 Å². The van der Waals surface area contributed by atoms with Crippen LogP contribution in [0.2, 0.25) is 0 Å². The minimum absolute atomic E-state index is 0. The number of nitrogens with zero attached hydrogens (tertiary/aromatic N) is 1. The number of hydrogen-bond acceptors (Lipinski definition) is 6. The predicted molar refractivity (Wildman–Crippen MR) is 102 cm³/mol. The summed E-state index contributed by atoms with van der Waals surface area (Å²) in [7, 11) is 0. The number of benzene rings is 1. The van der Waals surface area contributed by atoms with Crippen molar-refractivity contribution in [2.75, 3.05) is 19.9 Å². The van der Waals surface area contributed by atoms with Crippen molar-refractivity contribution in [3.63, 3.8) is 0 Å². The zero-order valence-electron chi connectivity index (χ0n) is 13.3. The molecule has 0 saturated carbocycles. The summed E-state index contributed by atoms with van der Waals surface area (Å²) in [5.41, 5.74) is 1.39. The summed E-state index contributed by atoms with van der Waals surface area (Å²) < 4.78 is 10.7. The van der Waals surface area contributed by atoms with Crippen molar-refractivity contribution in [1.29, 1.82) is 0 Å². The average Bonchev–Trinajstić information content (AvgIpc) is 3.32. The van der Waals surface area contributed by atoms with E-state index in [1.807, 2.05) is 18.2 Å². The van der Waals surface area contributed by atoms with Gasteiger partial charge in [0, 0.05) is 23.5 Å². The molecule has 136 valence electrons. The van der Waals surface area contributed by atoms with E-state index in [4.69, 9.17) is 9.47 Å². The van der Waals surface area contributed by atoms with Crippen molar-refractivity contribution in [3.05, 3.63) is 29.3 Å². The monoisotopic (exact) mass is 403 g/mol. The lowest BCUT2D eigenvalue weighted by molar-refractivity contribution is 0.0946. The lowest BCUT2D eigenvalue weighted by Gasteiger charge is -2.10. The number of hydrogen-bond donors (Lipinski definition) is 2. The molecule has 1 amide bonds. The lowest BCUT2D eigenvalue weighted by atomic mass is 10.2. The Morgan fingerprint density at radius 2 is 2.16 bits per heavy atom. The number of halogens is 2. The molecule has 1 saturated heterocycles. The Bertz CT molecular complexity index is 735. The fraction of sp³-hybridized carbons (Fsp3) is 0.375. The van der Waals surface area contributed by atoms with Gasteiger partial charge in [-0.3, -0.25) is 4.79 Å². The summed E-state index contributed by atoms with van der Waals surface area (Å²) in [5.74, 6) is 1.34. The van der Waals surface area contributed by atoms with Crippen LogP contribution in [-0.2, 0) is 0 Å².